The quantitative estimate of drug-likeness (QED) is 0.782. The second-order valence-electron chi connectivity index (χ2n) is 6.21. The summed E-state index contributed by atoms with van der Waals surface area (Å²) >= 11 is 0. The Bertz CT molecular complexity index is 744. The van der Waals surface area contributed by atoms with Crippen LogP contribution in [0.15, 0.2) is 36.4 Å². The summed E-state index contributed by atoms with van der Waals surface area (Å²) in [6, 6.07) is 9.33. The first kappa shape index (κ1) is 18.8. The van der Waals surface area contributed by atoms with E-state index in [1.54, 1.807) is 31.2 Å². The van der Waals surface area contributed by atoms with Crippen molar-refractivity contribution in [3.8, 4) is 11.5 Å². The average molecular weight is 345 g/mol. The van der Waals surface area contributed by atoms with E-state index in [0.29, 0.717) is 47.4 Å². The van der Waals surface area contributed by atoms with Gasteiger partial charge < -0.3 is 14.8 Å². The van der Waals surface area contributed by atoms with E-state index in [-0.39, 0.29) is 11.7 Å². The molecule has 5 heteroatoms. The summed E-state index contributed by atoms with van der Waals surface area (Å²) in [5, 5.41) is 2.79. The van der Waals surface area contributed by atoms with Crippen LogP contribution in [0.1, 0.15) is 36.7 Å². The van der Waals surface area contributed by atoms with Crippen molar-refractivity contribution in [1.29, 1.82) is 0 Å². The van der Waals surface area contributed by atoms with Crippen molar-refractivity contribution >= 4 is 11.6 Å². The highest BCUT2D eigenvalue weighted by molar-refractivity contribution is 6.05. The third kappa shape index (κ3) is 5.21. The predicted molar refractivity (Wildman–Crippen MR) is 97.0 cm³/mol. The lowest BCUT2D eigenvalue weighted by molar-refractivity contribution is 0.102. The molecule has 0 saturated carbocycles. The van der Waals surface area contributed by atoms with E-state index >= 15 is 0 Å². The van der Waals surface area contributed by atoms with Gasteiger partial charge in [0.2, 0.25) is 0 Å². The molecule has 0 spiro atoms. The minimum atomic E-state index is -0.333. The maximum Gasteiger partial charge on any atom is 0.255 e. The molecule has 0 bridgehead atoms. The van der Waals surface area contributed by atoms with Crippen LogP contribution in [0.2, 0.25) is 0 Å². The first-order valence-electron chi connectivity index (χ1n) is 8.37. The lowest BCUT2D eigenvalue weighted by Crippen LogP contribution is -2.13. The number of hydrogen-bond donors (Lipinski definition) is 1. The Kier molecular flexibility index (Phi) is 6.39. The predicted octanol–water partition coefficient (Wildman–Crippen LogP) is 4.82. The van der Waals surface area contributed by atoms with Gasteiger partial charge in [-0.05, 0) is 61.7 Å². The zero-order valence-electron chi connectivity index (χ0n) is 15.1. The summed E-state index contributed by atoms with van der Waals surface area (Å²) in [7, 11) is 0. The Labute approximate surface area is 148 Å². The fourth-order valence-electron chi connectivity index (χ4n) is 2.26. The molecule has 1 amide bonds. The highest BCUT2D eigenvalue weighted by Crippen LogP contribution is 2.29. The summed E-state index contributed by atoms with van der Waals surface area (Å²) in [5.74, 6) is 0.919. The van der Waals surface area contributed by atoms with Gasteiger partial charge in [0, 0.05) is 11.3 Å². The van der Waals surface area contributed by atoms with Crippen LogP contribution in [0, 0.1) is 18.7 Å². The number of ether oxygens (including phenoxy) is 2. The zero-order valence-corrected chi connectivity index (χ0v) is 15.1. The number of benzene rings is 2. The molecule has 0 atom stereocenters. The monoisotopic (exact) mass is 345 g/mol. The molecule has 0 aliphatic rings. The summed E-state index contributed by atoms with van der Waals surface area (Å²) in [4.78, 5) is 12.5. The Morgan fingerprint density at radius 1 is 1.12 bits per heavy atom. The Morgan fingerprint density at radius 2 is 1.88 bits per heavy atom. The topological polar surface area (TPSA) is 47.6 Å². The molecular weight excluding hydrogens is 321 g/mol. The van der Waals surface area contributed by atoms with Crippen LogP contribution in [-0.4, -0.2) is 19.1 Å². The van der Waals surface area contributed by atoms with Crippen molar-refractivity contribution in [2.75, 3.05) is 18.5 Å². The minimum Gasteiger partial charge on any atom is -0.490 e. The van der Waals surface area contributed by atoms with Gasteiger partial charge in [-0.1, -0.05) is 13.8 Å². The van der Waals surface area contributed by atoms with Crippen LogP contribution in [0.5, 0.6) is 11.5 Å². The number of carbonyl (C=O) groups excluding carboxylic acids is 1. The zero-order chi connectivity index (χ0) is 18.4. The smallest absolute Gasteiger partial charge is 0.255 e. The number of amides is 1. The molecule has 2 aromatic rings. The van der Waals surface area contributed by atoms with E-state index in [0.717, 1.165) is 0 Å². The molecule has 0 aliphatic carbocycles. The molecule has 25 heavy (non-hydrogen) atoms. The molecule has 1 N–H and O–H groups in total. The highest BCUT2D eigenvalue weighted by atomic mass is 19.1. The molecule has 2 aromatic carbocycles. The van der Waals surface area contributed by atoms with Gasteiger partial charge in [0.1, 0.15) is 5.82 Å². The lowest BCUT2D eigenvalue weighted by atomic mass is 10.1. The molecule has 0 saturated heterocycles. The Hall–Kier alpha value is -2.56. The van der Waals surface area contributed by atoms with E-state index in [1.807, 2.05) is 6.92 Å². The number of anilines is 1. The fraction of sp³-hybridized carbons (Fsp3) is 0.350. The second-order valence-corrected chi connectivity index (χ2v) is 6.21. The first-order chi connectivity index (χ1) is 11.9. The highest BCUT2D eigenvalue weighted by Gasteiger charge is 2.13. The van der Waals surface area contributed by atoms with Crippen LogP contribution in [0.3, 0.4) is 0 Å². The van der Waals surface area contributed by atoms with Crippen LogP contribution in [0.25, 0.3) is 0 Å². The van der Waals surface area contributed by atoms with E-state index in [4.69, 9.17) is 9.47 Å². The second kappa shape index (κ2) is 8.51. The average Bonchev–Trinajstić information content (AvgIpc) is 2.56. The summed E-state index contributed by atoms with van der Waals surface area (Å²) in [5.41, 5.74) is 1.68. The number of nitrogens with one attached hydrogen (secondary N) is 1. The van der Waals surface area contributed by atoms with Gasteiger partial charge in [0.15, 0.2) is 11.5 Å². The van der Waals surface area contributed by atoms with E-state index < -0.39 is 0 Å². The van der Waals surface area contributed by atoms with Crippen molar-refractivity contribution in [3.63, 3.8) is 0 Å². The molecular formula is C20H24FNO3. The van der Waals surface area contributed by atoms with Crippen molar-refractivity contribution in [2.45, 2.75) is 27.7 Å². The normalized spacial score (nSPS) is 10.6. The SMILES string of the molecule is CCOc1cc(C(=O)Nc2ccc(F)cc2C)ccc1OCC(C)C. The summed E-state index contributed by atoms with van der Waals surface area (Å²) < 4.78 is 24.5. The van der Waals surface area contributed by atoms with Gasteiger partial charge in [-0.25, -0.2) is 4.39 Å². The number of rotatable bonds is 7. The van der Waals surface area contributed by atoms with Gasteiger partial charge in [-0.2, -0.15) is 0 Å². The van der Waals surface area contributed by atoms with Crippen molar-refractivity contribution in [2.24, 2.45) is 5.92 Å². The molecule has 2 rings (SSSR count). The molecule has 0 heterocycles. The minimum absolute atomic E-state index is 0.286. The third-order valence-electron chi connectivity index (χ3n) is 3.51. The van der Waals surface area contributed by atoms with Gasteiger partial charge in [0.25, 0.3) is 5.91 Å². The molecule has 4 nitrogen and oxygen atoms in total. The third-order valence-corrected chi connectivity index (χ3v) is 3.51. The molecule has 0 radical (unpaired) electrons. The maximum absolute atomic E-state index is 13.2. The largest absolute Gasteiger partial charge is 0.490 e. The number of halogens is 1. The van der Waals surface area contributed by atoms with Crippen LogP contribution in [-0.2, 0) is 0 Å². The molecule has 0 aromatic heterocycles. The first-order valence-corrected chi connectivity index (χ1v) is 8.37. The molecule has 134 valence electrons. The van der Waals surface area contributed by atoms with Crippen molar-refractivity contribution < 1.29 is 18.7 Å². The van der Waals surface area contributed by atoms with Crippen LogP contribution >= 0.6 is 0 Å². The standard InChI is InChI=1S/C20H24FNO3/c1-5-24-19-11-15(6-9-18(19)25-12-13(2)3)20(23)22-17-8-7-16(21)10-14(17)4/h6-11,13H,5,12H2,1-4H3,(H,22,23). The number of carbonyl (C=O) groups is 1. The van der Waals surface area contributed by atoms with E-state index in [9.17, 15) is 9.18 Å². The molecule has 0 unspecified atom stereocenters. The summed E-state index contributed by atoms with van der Waals surface area (Å²) in [6.07, 6.45) is 0. The van der Waals surface area contributed by atoms with E-state index in [1.165, 1.54) is 12.1 Å². The van der Waals surface area contributed by atoms with Gasteiger partial charge >= 0.3 is 0 Å². The Morgan fingerprint density at radius 3 is 2.52 bits per heavy atom. The van der Waals surface area contributed by atoms with Gasteiger partial charge in [0.05, 0.1) is 13.2 Å². The van der Waals surface area contributed by atoms with Crippen molar-refractivity contribution in [3.05, 3.63) is 53.3 Å². The summed E-state index contributed by atoms with van der Waals surface area (Å²) in [6.45, 7) is 8.79. The van der Waals surface area contributed by atoms with Crippen molar-refractivity contribution in [1.82, 2.24) is 0 Å². The van der Waals surface area contributed by atoms with Crippen LogP contribution < -0.4 is 14.8 Å². The van der Waals surface area contributed by atoms with Gasteiger partial charge in [-0.3, -0.25) is 4.79 Å². The van der Waals surface area contributed by atoms with E-state index in [2.05, 4.69) is 19.2 Å². The number of hydrogen-bond acceptors (Lipinski definition) is 3. The van der Waals surface area contributed by atoms with Gasteiger partial charge in [-0.15, -0.1) is 0 Å². The maximum atomic E-state index is 13.2. The lowest BCUT2D eigenvalue weighted by Gasteiger charge is -2.15. The van der Waals surface area contributed by atoms with Crippen LogP contribution in [0.4, 0.5) is 10.1 Å². The number of aryl methyl sites for hydroxylation is 1. The molecule has 0 aliphatic heterocycles. The Balaban J connectivity index is 2.19. The fourth-order valence-corrected chi connectivity index (χ4v) is 2.26. The molecule has 0 fully saturated rings.